The van der Waals surface area contributed by atoms with Crippen LogP contribution in [0.5, 0.6) is 5.75 Å². The van der Waals surface area contributed by atoms with Crippen LogP contribution in [0, 0.1) is 0 Å². The molecular formula is C21H22N4O2. The van der Waals surface area contributed by atoms with E-state index in [2.05, 4.69) is 34.6 Å². The average Bonchev–Trinajstić information content (AvgIpc) is 3.31. The third-order valence-electron chi connectivity index (χ3n) is 5.16. The molecule has 0 bridgehead atoms. The average molecular weight is 362 g/mol. The van der Waals surface area contributed by atoms with Gasteiger partial charge in [0.25, 0.3) is 5.91 Å². The zero-order valence-electron chi connectivity index (χ0n) is 15.5. The van der Waals surface area contributed by atoms with Crippen molar-refractivity contribution in [2.75, 3.05) is 7.11 Å². The summed E-state index contributed by atoms with van der Waals surface area (Å²) in [6, 6.07) is 10.2. The van der Waals surface area contributed by atoms with Crippen molar-refractivity contribution < 1.29 is 9.53 Å². The minimum Gasteiger partial charge on any atom is -0.496 e. The molecular weight excluding hydrogens is 340 g/mol. The highest BCUT2D eigenvalue weighted by Gasteiger charge is 2.24. The van der Waals surface area contributed by atoms with E-state index in [4.69, 9.17) is 10.5 Å². The molecule has 1 amide bonds. The number of amides is 1. The van der Waals surface area contributed by atoms with Crippen molar-refractivity contribution in [2.24, 2.45) is 12.8 Å². The number of rotatable bonds is 5. The van der Waals surface area contributed by atoms with Crippen molar-refractivity contribution in [2.45, 2.75) is 25.7 Å². The van der Waals surface area contributed by atoms with Gasteiger partial charge in [-0.2, -0.15) is 0 Å². The van der Waals surface area contributed by atoms with E-state index in [-0.39, 0.29) is 0 Å². The first-order valence-corrected chi connectivity index (χ1v) is 9.04. The molecule has 4 rings (SSSR count). The Hall–Kier alpha value is -3.15. The Balaban J connectivity index is 1.67. The predicted octanol–water partition coefficient (Wildman–Crippen LogP) is 2.67. The molecule has 6 heteroatoms. The van der Waals surface area contributed by atoms with E-state index in [1.54, 1.807) is 11.8 Å². The molecule has 1 heterocycles. The molecule has 6 nitrogen and oxygen atoms in total. The van der Waals surface area contributed by atoms with Crippen LogP contribution in [-0.2, 0) is 26.3 Å². The number of hydrogen-bond donors (Lipinski definition) is 1. The van der Waals surface area contributed by atoms with Crippen LogP contribution in [0.15, 0.2) is 36.5 Å². The number of aryl methyl sites for hydroxylation is 1. The van der Waals surface area contributed by atoms with E-state index in [1.165, 1.54) is 11.1 Å². The monoisotopic (exact) mass is 362 g/mol. The Morgan fingerprint density at radius 2 is 1.96 bits per heavy atom. The molecule has 0 aliphatic heterocycles. The standard InChI is InChI=1S/C21H22N4O2/c1-25-12-19(23-24-25)14-8-6-13(7-9-14)10-15-11-18(21(22)26)20(27-2)17-5-3-4-16(15)17/h6-9,11-12H,3-5,10H2,1-2H3,(H2,22,26). The van der Waals surface area contributed by atoms with Gasteiger partial charge in [0.15, 0.2) is 0 Å². The molecule has 27 heavy (non-hydrogen) atoms. The molecule has 0 unspecified atom stereocenters. The van der Waals surface area contributed by atoms with Crippen molar-refractivity contribution >= 4 is 5.91 Å². The third-order valence-corrected chi connectivity index (χ3v) is 5.16. The summed E-state index contributed by atoms with van der Waals surface area (Å²) in [5.74, 6) is 0.206. The first kappa shape index (κ1) is 17.3. The third kappa shape index (κ3) is 3.18. The van der Waals surface area contributed by atoms with Gasteiger partial charge in [-0.05, 0) is 54.0 Å². The Bertz CT molecular complexity index is 1010. The molecule has 3 aromatic rings. The molecule has 0 saturated carbocycles. The summed E-state index contributed by atoms with van der Waals surface area (Å²) in [6.45, 7) is 0. The topological polar surface area (TPSA) is 83.0 Å². The van der Waals surface area contributed by atoms with Crippen LogP contribution < -0.4 is 10.5 Å². The fourth-order valence-corrected chi connectivity index (χ4v) is 3.90. The van der Waals surface area contributed by atoms with E-state index < -0.39 is 5.91 Å². The molecule has 0 radical (unpaired) electrons. The van der Waals surface area contributed by atoms with Crippen LogP contribution in [0.25, 0.3) is 11.3 Å². The second-order valence-corrected chi connectivity index (χ2v) is 6.94. The highest BCUT2D eigenvalue weighted by Crippen LogP contribution is 2.37. The molecule has 0 atom stereocenters. The van der Waals surface area contributed by atoms with Crippen molar-refractivity contribution in [1.29, 1.82) is 0 Å². The maximum absolute atomic E-state index is 11.9. The van der Waals surface area contributed by atoms with Crippen molar-refractivity contribution in [3.05, 3.63) is 64.3 Å². The molecule has 0 saturated heterocycles. The zero-order chi connectivity index (χ0) is 19.0. The lowest BCUT2D eigenvalue weighted by molar-refractivity contribution is 0.0997. The van der Waals surface area contributed by atoms with Crippen LogP contribution in [-0.4, -0.2) is 28.0 Å². The van der Waals surface area contributed by atoms with Gasteiger partial charge in [-0.25, -0.2) is 0 Å². The summed E-state index contributed by atoms with van der Waals surface area (Å²) in [7, 11) is 3.46. The number of hydrogen-bond acceptors (Lipinski definition) is 4. The van der Waals surface area contributed by atoms with Gasteiger partial charge in [0.2, 0.25) is 0 Å². The fraction of sp³-hybridized carbons (Fsp3) is 0.286. The number of aromatic nitrogens is 3. The summed E-state index contributed by atoms with van der Waals surface area (Å²) in [4.78, 5) is 11.9. The number of fused-ring (bicyclic) bond motifs is 1. The highest BCUT2D eigenvalue weighted by molar-refractivity contribution is 5.96. The number of ether oxygens (including phenoxy) is 1. The van der Waals surface area contributed by atoms with Gasteiger partial charge in [0.1, 0.15) is 11.4 Å². The van der Waals surface area contributed by atoms with Crippen LogP contribution in [0.3, 0.4) is 0 Å². The zero-order valence-corrected chi connectivity index (χ0v) is 15.5. The first-order valence-electron chi connectivity index (χ1n) is 9.04. The summed E-state index contributed by atoms with van der Waals surface area (Å²) >= 11 is 0. The molecule has 1 aromatic heterocycles. The molecule has 138 valence electrons. The molecule has 0 spiro atoms. The number of nitrogens with zero attached hydrogens (tertiary/aromatic N) is 3. The normalized spacial score (nSPS) is 12.8. The Morgan fingerprint density at radius 1 is 1.22 bits per heavy atom. The summed E-state index contributed by atoms with van der Waals surface area (Å²) < 4.78 is 7.20. The Labute approximate surface area is 158 Å². The highest BCUT2D eigenvalue weighted by atomic mass is 16.5. The lowest BCUT2D eigenvalue weighted by Gasteiger charge is -2.16. The number of primary amides is 1. The number of benzene rings is 2. The lowest BCUT2D eigenvalue weighted by atomic mass is 9.93. The van der Waals surface area contributed by atoms with Crippen LogP contribution >= 0.6 is 0 Å². The van der Waals surface area contributed by atoms with Crippen LogP contribution in [0.1, 0.15) is 39.0 Å². The van der Waals surface area contributed by atoms with E-state index >= 15 is 0 Å². The molecule has 2 aromatic carbocycles. The maximum atomic E-state index is 11.9. The van der Waals surface area contributed by atoms with Gasteiger partial charge in [0, 0.05) is 12.6 Å². The predicted molar refractivity (Wildman–Crippen MR) is 103 cm³/mol. The Morgan fingerprint density at radius 3 is 2.59 bits per heavy atom. The molecule has 1 aliphatic rings. The van der Waals surface area contributed by atoms with Gasteiger partial charge in [-0.1, -0.05) is 29.5 Å². The molecule has 1 aliphatic carbocycles. The first-order chi connectivity index (χ1) is 13.1. The number of carbonyl (C=O) groups excluding carboxylic acids is 1. The summed E-state index contributed by atoms with van der Waals surface area (Å²) in [5.41, 5.74) is 12.7. The minimum atomic E-state index is -0.444. The lowest BCUT2D eigenvalue weighted by Crippen LogP contribution is -2.15. The Kier molecular flexibility index (Phi) is 4.39. The van der Waals surface area contributed by atoms with Gasteiger partial charge in [0.05, 0.1) is 18.9 Å². The van der Waals surface area contributed by atoms with Gasteiger partial charge in [-0.15, -0.1) is 5.10 Å². The van der Waals surface area contributed by atoms with E-state index in [9.17, 15) is 4.79 Å². The van der Waals surface area contributed by atoms with Crippen molar-refractivity contribution in [3.63, 3.8) is 0 Å². The second-order valence-electron chi connectivity index (χ2n) is 6.94. The fourth-order valence-electron chi connectivity index (χ4n) is 3.90. The SMILES string of the molecule is COc1c(C(N)=O)cc(Cc2ccc(-c3cn(C)nn3)cc2)c2c1CCC2. The van der Waals surface area contributed by atoms with Crippen LogP contribution in [0.4, 0.5) is 0 Å². The largest absolute Gasteiger partial charge is 0.496 e. The minimum absolute atomic E-state index is 0.444. The number of methoxy groups -OCH3 is 1. The second kappa shape index (κ2) is 6.87. The van der Waals surface area contributed by atoms with Crippen molar-refractivity contribution in [1.82, 2.24) is 15.0 Å². The summed E-state index contributed by atoms with van der Waals surface area (Å²) in [6.07, 6.45) is 5.67. The van der Waals surface area contributed by atoms with Gasteiger partial charge in [-0.3, -0.25) is 9.48 Å². The quantitative estimate of drug-likeness (QED) is 0.756. The van der Waals surface area contributed by atoms with E-state index in [1.807, 2.05) is 19.3 Å². The van der Waals surface area contributed by atoms with E-state index in [0.29, 0.717) is 11.3 Å². The maximum Gasteiger partial charge on any atom is 0.252 e. The van der Waals surface area contributed by atoms with Gasteiger partial charge >= 0.3 is 0 Å². The molecule has 0 fully saturated rings. The van der Waals surface area contributed by atoms with Crippen LogP contribution in [0.2, 0.25) is 0 Å². The summed E-state index contributed by atoms with van der Waals surface area (Å²) in [5, 5.41) is 8.12. The van der Waals surface area contributed by atoms with Gasteiger partial charge < -0.3 is 10.5 Å². The smallest absolute Gasteiger partial charge is 0.252 e. The van der Waals surface area contributed by atoms with Crippen molar-refractivity contribution in [3.8, 4) is 17.0 Å². The van der Waals surface area contributed by atoms with E-state index in [0.717, 1.165) is 48.1 Å². The number of nitrogens with two attached hydrogens (primary N) is 1. The number of carbonyl (C=O) groups is 1. The molecule has 2 N–H and O–H groups in total.